The molecular formula is C20H28N2O3. The van der Waals surface area contributed by atoms with Gasteiger partial charge in [-0.1, -0.05) is 12.1 Å². The first-order chi connectivity index (χ1) is 12.2. The number of piperidine rings is 1. The van der Waals surface area contributed by atoms with Gasteiger partial charge in [-0.05, 0) is 49.4 Å². The molecule has 4 rings (SSSR count). The van der Waals surface area contributed by atoms with Gasteiger partial charge < -0.3 is 14.8 Å². The molecule has 1 aliphatic carbocycles. The lowest BCUT2D eigenvalue weighted by atomic mass is 9.84. The number of benzene rings is 1. The molecule has 0 unspecified atom stereocenters. The Morgan fingerprint density at radius 1 is 1.28 bits per heavy atom. The van der Waals surface area contributed by atoms with E-state index in [9.17, 15) is 4.79 Å². The Kier molecular flexibility index (Phi) is 4.95. The molecule has 25 heavy (non-hydrogen) atoms. The molecule has 0 radical (unpaired) electrons. The third-order valence-electron chi connectivity index (χ3n) is 5.87. The summed E-state index contributed by atoms with van der Waals surface area (Å²) in [7, 11) is 1.70. The van der Waals surface area contributed by atoms with Gasteiger partial charge in [0.2, 0.25) is 5.91 Å². The van der Waals surface area contributed by atoms with Crippen molar-refractivity contribution in [2.24, 2.45) is 17.8 Å². The van der Waals surface area contributed by atoms with Crippen molar-refractivity contribution in [3.63, 3.8) is 0 Å². The molecule has 3 aliphatic rings. The fourth-order valence-corrected chi connectivity index (χ4v) is 4.20. The lowest BCUT2D eigenvalue weighted by Gasteiger charge is -2.35. The predicted molar refractivity (Wildman–Crippen MR) is 95.3 cm³/mol. The van der Waals surface area contributed by atoms with Crippen LogP contribution in [0.1, 0.15) is 24.8 Å². The van der Waals surface area contributed by atoms with Crippen LogP contribution in [0, 0.1) is 17.8 Å². The number of amides is 1. The minimum atomic E-state index is 0.204. The van der Waals surface area contributed by atoms with Crippen LogP contribution in [0.2, 0.25) is 0 Å². The highest BCUT2D eigenvalue weighted by atomic mass is 16.5. The SMILES string of the molecule is COc1ccc(CN2CC[C@H]3[C@H](CO[C@@H]3CNC(=O)C3CC3)C2)cc1. The van der Waals surface area contributed by atoms with Crippen molar-refractivity contribution in [1.82, 2.24) is 10.2 Å². The van der Waals surface area contributed by atoms with Crippen LogP contribution in [-0.2, 0) is 16.1 Å². The maximum absolute atomic E-state index is 11.8. The zero-order valence-electron chi connectivity index (χ0n) is 14.9. The van der Waals surface area contributed by atoms with Gasteiger partial charge in [0.1, 0.15) is 5.75 Å². The molecule has 0 spiro atoms. The molecule has 1 aromatic rings. The number of hydrogen-bond acceptors (Lipinski definition) is 4. The summed E-state index contributed by atoms with van der Waals surface area (Å²) in [6, 6.07) is 8.34. The van der Waals surface area contributed by atoms with Gasteiger partial charge in [0.25, 0.3) is 0 Å². The molecule has 1 saturated carbocycles. The Balaban J connectivity index is 1.26. The zero-order valence-corrected chi connectivity index (χ0v) is 14.9. The zero-order chi connectivity index (χ0) is 17.2. The van der Waals surface area contributed by atoms with Gasteiger partial charge >= 0.3 is 0 Å². The summed E-state index contributed by atoms with van der Waals surface area (Å²) in [6.45, 7) is 4.69. The van der Waals surface area contributed by atoms with Gasteiger partial charge in [-0.15, -0.1) is 0 Å². The van der Waals surface area contributed by atoms with Crippen LogP contribution in [0.15, 0.2) is 24.3 Å². The van der Waals surface area contributed by atoms with Crippen molar-refractivity contribution in [3.05, 3.63) is 29.8 Å². The number of fused-ring (bicyclic) bond motifs is 1. The summed E-state index contributed by atoms with van der Waals surface area (Å²) in [6.07, 6.45) is 3.48. The summed E-state index contributed by atoms with van der Waals surface area (Å²) >= 11 is 0. The molecular weight excluding hydrogens is 316 g/mol. The van der Waals surface area contributed by atoms with Crippen LogP contribution in [0.5, 0.6) is 5.75 Å². The average molecular weight is 344 g/mol. The number of carbonyl (C=O) groups excluding carboxylic acids is 1. The first-order valence-corrected chi connectivity index (χ1v) is 9.47. The summed E-state index contributed by atoms with van der Waals surface area (Å²) < 4.78 is 11.2. The molecule has 5 nitrogen and oxygen atoms in total. The van der Waals surface area contributed by atoms with Gasteiger partial charge in [0, 0.05) is 31.5 Å². The second-order valence-corrected chi connectivity index (χ2v) is 7.69. The van der Waals surface area contributed by atoms with Crippen LogP contribution < -0.4 is 10.1 Å². The van der Waals surface area contributed by atoms with Gasteiger partial charge in [0.15, 0.2) is 0 Å². The molecule has 1 amide bonds. The monoisotopic (exact) mass is 344 g/mol. The fraction of sp³-hybridized carbons (Fsp3) is 0.650. The lowest BCUT2D eigenvalue weighted by Crippen LogP contribution is -2.43. The lowest BCUT2D eigenvalue weighted by molar-refractivity contribution is -0.122. The van der Waals surface area contributed by atoms with Crippen molar-refractivity contribution < 1.29 is 14.3 Å². The third kappa shape index (κ3) is 3.98. The Morgan fingerprint density at radius 2 is 2.08 bits per heavy atom. The minimum absolute atomic E-state index is 0.204. The van der Waals surface area contributed by atoms with Crippen LogP contribution in [0.25, 0.3) is 0 Å². The van der Waals surface area contributed by atoms with E-state index >= 15 is 0 Å². The fourth-order valence-electron chi connectivity index (χ4n) is 4.20. The maximum Gasteiger partial charge on any atom is 0.223 e. The minimum Gasteiger partial charge on any atom is -0.497 e. The second kappa shape index (κ2) is 7.34. The summed E-state index contributed by atoms with van der Waals surface area (Å²) in [5.41, 5.74) is 1.33. The van der Waals surface area contributed by atoms with Gasteiger partial charge in [0.05, 0.1) is 19.8 Å². The van der Waals surface area contributed by atoms with E-state index in [1.807, 2.05) is 12.1 Å². The highest BCUT2D eigenvalue weighted by Crippen LogP contribution is 2.35. The van der Waals surface area contributed by atoms with E-state index in [4.69, 9.17) is 9.47 Å². The molecule has 2 saturated heterocycles. The Labute approximate surface area is 149 Å². The standard InChI is InChI=1S/C20H28N2O3/c1-24-17-6-2-14(3-7-17)11-22-9-8-18-16(12-22)13-25-19(18)10-21-20(23)15-4-5-15/h2-3,6-7,15-16,18-19H,4-5,8-13H2,1H3,(H,21,23)/t16-,18-,19+/m0/s1. The summed E-state index contributed by atoms with van der Waals surface area (Å²) in [4.78, 5) is 14.4. The molecule has 0 aromatic heterocycles. The van der Waals surface area contributed by atoms with Crippen molar-refractivity contribution in [2.45, 2.75) is 31.9 Å². The highest BCUT2D eigenvalue weighted by Gasteiger charge is 2.41. The van der Waals surface area contributed by atoms with E-state index < -0.39 is 0 Å². The molecule has 1 aromatic carbocycles. The smallest absolute Gasteiger partial charge is 0.223 e. The predicted octanol–water partition coefficient (Wildman–Crippen LogP) is 2.06. The third-order valence-corrected chi connectivity index (χ3v) is 5.87. The molecule has 1 N–H and O–H groups in total. The topological polar surface area (TPSA) is 50.8 Å². The largest absolute Gasteiger partial charge is 0.497 e. The van der Waals surface area contributed by atoms with Crippen LogP contribution in [-0.4, -0.2) is 50.3 Å². The Morgan fingerprint density at radius 3 is 2.80 bits per heavy atom. The number of ether oxygens (including phenoxy) is 2. The second-order valence-electron chi connectivity index (χ2n) is 7.69. The molecule has 2 heterocycles. The van der Waals surface area contributed by atoms with Crippen LogP contribution >= 0.6 is 0 Å². The number of nitrogens with zero attached hydrogens (tertiary/aromatic N) is 1. The highest BCUT2D eigenvalue weighted by molar-refractivity contribution is 5.80. The molecule has 3 atom stereocenters. The Bertz CT molecular complexity index is 599. The number of hydrogen-bond donors (Lipinski definition) is 1. The molecule has 136 valence electrons. The molecule has 0 bridgehead atoms. The van der Waals surface area contributed by atoms with Gasteiger partial charge in [-0.3, -0.25) is 9.69 Å². The van der Waals surface area contributed by atoms with Crippen molar-refractivity contribution in [3.8, 4) is 5.75 Å². The molecule has 5 heteroatoms. The quantitative estimate of drug-likeness (QED) is 0.858. The van der Waals surface area contributed by atoms with E-state index in [2.05, 4.69) is 22.3 Å². The number of methoxy groups -OCH3 is 1. The number of rotatable bonds is 6. The van der Waals surface area contributed by atoms with E-state index in [0.717, 1.165) is 51.3 Å². The van der Waals surface area contributed by atoms with Gasteiger partial charge in [-0.2, -0.15) is 0 Å². The average Bonchev–Trinajstić information content (AvgIpc) is 3.42. The van der Waals surface area contributed by atoms with E-state index in [1.54, 1.807) is 7.11 Å². The first-order valence-electron chi connectivity index (χ1n) is 9.47. The van der Waals surface area contributed by atoms with Gasteiger partial charge in [-0.25, -0.2) is 0 Å². The number of carbonyl (C=O) groups is 1. The molecule has 3 fully saturated rings. The first kappa shape index (κ1) is 16.9. The van der Waals surface area contributed by atoms with Crippen LogP contribution in [0.3, 0.4) is 0 Å². The van der Waals surface area contributed by atoms with Crippen LogP contribution in [0.4, 0.5) is 0 Å². The maximum atomic E-state index is 11.8. The van der Waals surface area contributed by atoms with E-state index in [1.165, 1.54) is 5.56 Å². The van der Waals surface area contributed by atoms with Crippen molar-refractivity contribution >= 4 is 5.91 Å². The number of nitrogens with one attached hydrogen (secondary N) is 1. The number of likely N-dealkylation sites (tertiary alicyclic amines) is 1. The summed E-state index contributed by atoms with van der Waals surface area (Å²) in [5.74, 6) is 2.59. The van der Waals surface area contributed by atoms with Crippen molar-refractivity contribution in [2.75, 3.05) is 33.4 Å². The normalized spacial score (nSPS) is 29.2. The summed E-state index contributed by atoms with van der Waals surface area (Å²) in [5, 5.41) is 3.09. The molecule has 2 aliphatic heterocycles. The van der Waals surface area contributed by atoms with E-state index in [-0.39, 0.29) is 17.9 Å². The van der Waals surface area contributed by atoms with Crippen molar-refractivity contribution in [1.29, 1.82) is 0 Å². The Hall–Kier alpha value is -1.59. The van der Waals surface area contributed by atoms with E-state index in [0.29, 0.717) is 18.4 Å².